The minimum absolute atomic E-state index is 0.0741. The molecule has 6 nitrogen and oxygen atoms in total. The zero-order chi connectivity index (χ0) is 16.1. The maximum atomic E-state index is 12.3. The molecule has 1 aliphatic heterocycles. The smallest absolute Gasteiger partial charge is 0.247 e. The quantitative estimate of drug-likeness (QED) is 0.890. The van der Waals surface area contributed by atoms with E-state index in [1.807, 2.05) is 30.3 Å². The minimum atomic E-state index is -0.493. The Morgan fingerprint density at radius 3 is 3.04 bits per heavy atom. The fraction of sp³-hybridized carbons (Fsp3) is 0.312. The molecule has 2 amide bonds. The maximum absolute atomic E-state index is 12.3. The summed E-state index contributed by atoms with van der Waals surface area (Å²) in [7, 11) is 0. The number of hydrogen-bond acceptors (Lipinski definition) is 4. The number of nitrogens with zero attached hydrogens (tertiary/aromatic N) is 2. The second-order valence-corrected chi connectivity index (χ2v) is 6.50. The number of hydrogen-bond donors (Lipinski definition) is 2. The van der Waals surface area contributed by atoms with Crippen molar-refractivity contribution in [2.75, 3.05) is 16.8 Å². The molecular weight excluding hydrogens is 312 g/mol. The fourth-order valence-electron chi connectivity index (χ4n) is 2.33. The Labute approximate surface area is 138 Å². The highest BCUT2D eigenvalue weighted by atomic mass is 32.2. The standard InChI is InChI=1S/C16H18N4O2S/c21-15-6-7-23-11-14(19-15)16(22)18-13-8-17-20(10-13)9-12-4-2-1-3-5-12/h1-5,8,10,14H,6-7,9,11H2,(H,18,22)(H,19,21). The molecule has 1 saturated heterocycles. The number of rotatable bonds is 4. The van der Waals surface area contributed by atoms with Crippen LogP contribution in [-0.4, -0.2) is 39.1 Å². The van der Waals surface area contributed by atoms with Crippen LogP contribution in [-0.2, 0) is 16.1 Å². The second-order valence-electron chi connectivity index (χ2n) is 5.35. The summed E-state index contributed by atoms with van der Waals surface area (Å²) < 4.78 is 1.77. The van der Waals surface area contributed by atoms with Crippen molar-refractivity contribution in [1.29, 1.82) is 0 Å². The molecule has 0 saturated carbocycles. The molecule has 120 valence electrons. The van der Waals surface area contributed by atoms with Crippen LogP contribution in [0, 0.1) is 0 Å². The Hall–Kier alpha value is -2.28. The van der Waals surface area contributed by atoms with E-state index in [4.69, 9.17) is 0 Å². The van der Waals surface area contributed by atoms with Crippen molar-refractivity contribution < 1.29 is 9.59 Å². The predicted molar refractivity (Wildman–Crippen MR) is 90.3 cm³/mol. The molecule has 1 unspecified atom stereocenters. The Kier molecular flexibility index (Phi) is 4.97. The first-order chi connectivity index (χ1) is 11.2. The lowest BCUT2D eigenvalue weighted by molar-refractivity contribution is -0.125. The number of benzene rings is 1. The predicted octanol–water partition coefficient (Wildman–Crippen LogP) is 1.49. The van der Waals surface area contributed by atoms with Crippen LogP contribution < -0.4 is 10.6 Å². The van der Waals surface area contributed by atoms with E-state index in [0.717, 1.165) is 11.3 Å². The molecule has 2 N–H and O–H groups in total. The third-order valence-corrected chi connectivity index (χ3v) is 4.56. The van der Waals surface area contributed by atoms with Crippen molar-refractivity contribution in [2.24, 2.45) is 0 Å². The first-order valence-electron chi connectivity index (χ1n) is 7.45. The lowest BCUT2D eigenvalue weighted by Gasteiger charge is -2.14. The number of nitrogens with one attached hydrogen (secondary N) is 2. The molecule has 0 aliphatic carbocycles. The number of aromatic nitrogens is 2. The molecule has 0 bridgehead atoms. The Morgan fingerprint density at radius 1 is 1.39 bits per heavy atom. The van der Waals surface area contributed by atoms with Crippen LogP contribution in [0.2, 0.25) is 0 Å². The summed E-state index contributed by atoms with van der Waals surface area (Å²) >= 11 is 1.61. The fourth-order valence-corrected chi connectivity index (χ4v) is 3.30. The average Bonchev–Trinajstić information content (AvgIpc) is 2.85. The van der Waals surface area contributed by atoms with Crippen LogP contribution in [0.3, 0.4) is 0 Å². The van der Waals surface area contributed by atoms with Gasteiger partial charge in [-0.3, -0.25) is 14.3 Å². The first-order valence-corrected chi connectivity index (χ1v) is 8.60. The number of amides is 2. The topological polar surface area (TPSA) is 76.0 Å². The van der Waals surface area contributed by atoms with E-state index in [1.165, 1.54) is 0 Å². The van der Waals surface area contributed by atoms with Gasteiger partial charge in [0.05, 0.1) is 18.4 Å². The lowest BCUT2D eigenvalue weighted by atomic mass is 10.2. The molecule has 1 atom stereocenters. The molecule has 7 heteroatoms. The number of thioether (sulfide) groups is 1. The highest BCUT2D eigenvalue weighted by molar-refractivity contribution is 7.99. The Balaban J connectivity index is 1.60. The van der Waals surface area contributed by atoms with Crippen molar-refractivity contribution in [1.82, 2.24) is 15.1 Å². The number of anilines is 1. The third-order valence-electron chi connectivity index (χ3n) is 3.50. The van der Waals surface area contributed by atoms with Crippen molar-refractivity contribution in [2.45, 2.75) is 19.0 Å². The number of carbonyl (C=O) groups excluding carboxylic acids is 2. The molecule has 2 aromatic rings. The van der Waals surface area contributed by atoms with E-state index < -0.39 is 6.04 Å². The van der Waals surface area contributed by atoms with Crippen molar-refractivity contribution in [3.05, 3.63) is 48.3 Å². The lowest BCUT2D eigenvalue weighted by Crippen LogP contribution is -2.44. The largest absolute Gasteiger partial charge is 0.343 e. The van der Waals surface area contributed by atoms with Gasteiger partial charge in [-0.25, -0.2) is 0 Å². The van der Waals surface area contributed by atoms with Crippen LogP contribution in [0.4, 0.5) is 5.69 Å². The molecule has 1 fully saturated rings. The van der Waals surface area contributed by atoms with Gasteiger partial charge in [-0.05, 0) is 5.56 Å². The van der Waals surface area contributed by atoms with Gasteiger partial charge in [-0.1, -0.05) is 30.3 Å². The van der Waals surface area contributed by atoms with Crippen molar-refractivity contribution in [3.63, 3.8) is 0 Å². The average molecular weight is 330 g/mol. The van der Waals surface area contributed by atoms with E-state index in [1.54, 1.807) is 28.8 Å². The van der Waals surface area contributed by atoms with Crippen molar-refractivity contribution in [3.8, 4) is 0 Å². The van der Waals surface area contributed by atoms with Crippen LogP contribution >= 0.6 is 11.8 Å². The van der Waals surface area contributed by atoms with E-state index in [-0.39, 0.29) is 11.8 Å². The molecule has 3 rings (SSSR count). The van der Waals surface area contributed by atoms with Gasteiger partial charge in [0.1, 0.15) is 6.04 Å². The minimum Gasteiger partial charge on any atom is -0.343 e. The van der Waals surface area contributed by atoms with Gasteiger partial charge in [0.25, 0.3) is 0 Å². The summed E-state index contributed by atoms with van der Waals surface area (Å²) in [5.41, 5.74) is 1.77. The van der Waals surface area contributed by atoms with Crippen LogP contribution in [0.5, 0.6) is 0 Å². The zero-order valence-electron chi connectivity index (χ0n) is 12.6. The molecule has 0 spiro atoms. The first kappa shape index (κ1) is 15.6. The Bertz CT molecular complexity index is 686. The van der Waals surface area contributed by atoms with Crippen LogP contribution in [0.15, 0.2) is 42.7 Å². The van der Waals surface area contributed by atoms with Gasteiger partial charge in [0.15, 0.2) is 0 Å². The van der Waals surface area contributed by atoms with Gasteiger partial charge < -0.3 is 10.6 Å². The maximum Gasteiger partial charge on any atom is 0.247 e. The van der Waals surface area contributed by atoms with E-state index in [9.17, 15) is 9.59 Å². The third kappa shape index (κ3) is 4.35. The summed E-state index contributed by atoms with van der Waals surface area (Å²) in [4.78, 5) is 23.8. The van der Waals surface area contributed by atoms with E-state index >= 15 is 0 Å². The normalized spacial score (nSPS) is 18.1. The monoisotopic (exact) mass is 330 g/mol. The molecule has 1 aliphatic rings. The highest BCUT2D eigenvalue weighted by Gasteiger charge is 2.23. The number of carbonyl (C=O) groups is 2. The molecule has 1 aromatic carbocycles. The van der Waals surface area contributed by atoms with Crippen molar-refractivity contribution >= 4 is 29.3 Å². The summed E-state index contributed by atoms with van der Waals surface area (Å²) in [6.45, 7) is 0.646. The zero-order valence-corrected chi connectivity index (χ0v) is 13.4. The van der Waals surface area contributed by atoms with Gasteiger partial charge in [-0.15, -0.1) is 0 Å². The summed E-state index contributed by atoms with van der Waals surface area (Å²) in [5, 5.41) is 9.81. The van der Waals surface area contributed by atoms with E-state index in [0.29, 0.717) is 24.4 Å². The van der Waals surface area contributed by atoms with Gasteiger partial charge in [0.2, 0.25) is 11.8 Å². The van der Waals surface area contributed by atoms with Gasteiger partial charge in [0, 0.05) is 24.1 Å². The van der Waals surface area contributed by atoms with Gasteiger partial charge >= 0.3 is 0 Å². The molecular formula is C16H18N4O2S. The van der Waals surface area contributed by atoms with Crippen LogP contribution in [0.1, 0.15) is 12.0 Å². The van der Waals surface area contributed by atoms with Gasteiger partial charge in [-0.2, -0.15) is 16.9 Å². The second kappa shape index (κ2) is 7.32. The summed E-state index contributed by atoms with van der Waals surface area (Å²) in [5.74, 6) is 1.07. The summed E-state index contributed by atoms with van der Waals surface area (Å²) in [6, 6.07) is 9.49. The highest BCUT2D eigenvalue weighted by Crippen LogP contribution is 2.13. The summed E-state index contributed by atoms with van der Waals surface area (Å²) in [6.07, 6.45) is 3.87. The molecule has 1 aromatic heterocycles. The SMILES string of the molecule is O=C1CCSCC(C(=O)Nc2cnn(Cc3ccccc3)c2)N1. The van der Waals surface area contributed by atoms with Crippen LogP contribution in [0.25, 0.3) is 0 Å². The molecule has 0 radical (unpaired) electrons. The molecule has 2 heterocycles. The Morgan fingerprint density at radius 2 is 2.22 bits per heavy atom. The molecule has 23 heavy (non-hydrogen) atoms. The van der Waals surface area contributed by atoms with E-state index in [2.05, 4.69) is 15.7 Å².